The molecule has 0 aromatic heterocycles. The molecular weight excluding hydrogens is 162 g/mol. The number of anilines is 1. The molecule has 0 bridgehead atoms. The van der Waals surface area contributed by atoms with Crippen LogP contribution in [0, 0.1) is 0 Å². The van der Waals surface area contributed by atoms with Crippen molar-refractivity contribution >= 4 is 12.0 Å². The van der Waals surface area contributed by atoms with E-state index < -0.39 is 0 Å². The second kappa shape index (κ2) is 4.45. The lowest BCUT2D eigenvalue weighted by atomic mass is 10.1. The summed E-state index contributed by atoms with van der Waals surface area (Å²) in [6, 6.07) is 9.73. The molecule has 0 fully saturated rings. The maximum Gasteiger partial charge on any atom is 0.147 e. The van der Waals surface area contributed by atoms with Crippen molar-refractivity contribution in [2.75, 3.05) is 5.32 Å². The number of carbonyl (C=O) groups is 1. The van der Waals surface area contributed by atoms with Crippen LogP contribution in [0.1, 0.15) is 6.92 Å². The lowest BCUT2D eigenvalue weighted by Gasteiger charge is -2.13. The number of carbonyl (C=O) groups excluding carboxylic acids is 1. The van der Waals surface area contributed by atoms with Gasteiger partial charge in [0.2, 0.25) is 0 Å². The topological polar surface area (TPSA) is 29.1 Å². The third kappa shape index (κ3) is 2.75. The quantitative estimate of drug-likeness (QED) is 0.561. The minimum absolute atomic E-state index is 0.0140. The molecule has 1 aromatic carbocycles. The van der Waals surface area contributed by atoms with Gasteiger partial charge in [-0.3, -0.25) is 4.79 Å². The highest BCUT2D eigenvalue weighted by atomic mass is 16.1. The molecule has 68 valence electrons. The van der Waals surface area contributed by atoms with E-state index in [2.05, 4.69) is 11.9 Å². The molecular formula is C11H13NO. The number of aldehydes is 1. The van der Waals surface area contributed by atoms with Crippen LogP contribution in [0.15, 0.2) is 42.5 Å². The fourth-order valence-electron chi connectivity index (χ4n) is 0.979. The van der Waals surface area contributed by atoms with Crippen LogP contribution >= 0.6 is 0 Å². The standard InChI is InChI=1S/C11H13NO/c1-9(8-13)10(2)12-11-6-4-3-5-7-11/h3-8,10,12H,1H2,2H3. The Morgan fingerprint density at radius 1 is 1.46 bits per heavy atom. The van der Waals surface area contributed by atoms with Crippen molar-refractivity contribution < 1.29 is 4.79 Å². The van der Waals surface area contributed by atoms with Crippen LogP contribution in [0.25, 0.3) is 0 Å². The summed E-state index contributed by atoms with van der Waals surface area (Å²) in [5.74, 6) is 0. The second-order valence-corrected chi connectivity index (χ2v) is 2.92. The molecule has 1 rings (SSSR count). The molecule has 0 radical (unpaired) electrons. The third-order valence-electron chi connectivity index (χ3n) is 1.86. The molecule has 0 spiro atoms. The predicted molar refractivity (Wildman–Crippen MR) is 54.7 cm³/mol. The van der Waals surface area contributed by atoms with Crippen LogP contribution in [0.4, 0.5) is 5.69 Å². The highest BCUT2D eigenvalue weighted by Gasteiger charge is 2.03. The Morgan fingerprint density at radius 2 is 2.08 bits per heavy atom. The largest absolute Gasteiger partial charge is 0.378 e. The molecule has 0 saturated carbocycles. The summed E-state index contributed by atoms with van der Waals surface area (Å²) in [7, 11) is 0. The third-order valence-corrected chi connectivity index (χ3v) is 1.86. The van der Waals surface area contributed by atoms with Crippen molar-refractivity contribution in [2.45, 2.75) is 13.0 Å². The summed E-state index contributed by atoms with van der Waals surface area (Å²) in [6.07, 6.45) is 0.778. The zero-order chi connectivity index (χ0) is 9.68. The molecule has 1 aromatic rings. The maximum absolute atomic E-state index is 10.4. The molecule has 2 heteroatoms. The van der Waals surface area contributed by atoms with Crippen LogP contribution in [0.5, 0.6) is 0 Å². The Kier molecular flexibility index (Phi) is 3.26. The predicted octanol–water partition coefficient (Wildman–Crippen LogP) is 2.24. The number of rotatable bonds is 4. The van der Waals surface area contributed by atoms with Gasteiger partial charge in [0.15, 0.2) is 0 Å². The molecule has 13 heavy (non-hydrogen) atoms. The van der Waals surface area contributed by atoms with Gasteiger partial charge in [-0.05, 0) is 19.1 Å². The molecule has 0 amide bonds. The number of hydrogen-bond donors (Lipinski definition) is 1. The van der Waals surface area contributed by atoms with Gasteiger partial charge in [-0.15, -0.1) is 0 Å². The molecule has 0 aliphatic carbocycles. The molecule has 0 saturated heterocycles. The average Bonchev–Trinajstić information content (AvgIpc) is 2.18. The molecule has 1 unspecified atom stereocenters. The van der Waals surface area contributed by atoms with Gasteiger partial charge >= 0.3 is 0 Å². The summed E-state index contributed by atoms with van der Waals surface area (Å²) in [4.78, 5) is 10.4. The van der Waals surface area contributed by atoms with Gasteiger partial charge in [0.25, 0.3) is 0 Å². The van der Waals surface area contributed by atoms with Gasteiger partial charge in [0.1, 0.15) is 6.29 Å². The van der Waals surface area contributed by atoms with Gasteiger partial charge in [-0.1, -0.05) is 24.8 Å². The number of para-hydroxylation sites is 1. The SMILES string of the molecule is C=C(C=O)C(C)Nc1ccccc1. The van der Waals surface area contributed by atoms with E-state index in [1.807, 2.05) is 37.3 Å². The van der Waals surface area contributed by atoms with Crippen molar-refractivity contribution in [3.05, 3.63) is 42.5 Å². The van der Waals surface area contributed by atoms with Crippen molar-refractivity contribution in [3.63, 3.8) is 0 Å². The van der Waals surface area contributed by atoms with E-state index >= 15 is 0 Å². The molecule has 0 heterocycles. The molecule has 0 aliphatic heterocycles. The zero-order valence-electron chi connectivity index (χ0n) is 7.66. The summed E-state index contributed by atoms with van der Waals surface area (Å²) < 4.78 is 0. The minimum atomic E-state index is -0.0140. The van der Waals surface area contributed by atoms with E-state index in [-0.39, 0.29) is 6.04 Å². The van der Waals surface area contributed by atoms with Crippen LogP contribution in [-0.2, 0) is 4.79 Å². The van der Waals surface area contributed by atoms with Crippen LogP contribution in [0.2, 0.25) is 0 Å². The van der Waals surface area contributed by atoms with E-state index in [4.69, 9.17) is 0 Å². The van der Waals surface area contributed by atoms with Crippen LogP contribution in [0.3, 0.4) is 0 Å². The number of hydrogen-bond acceptors (Lipinski definition) is 2. The zero-order valence-corrected chi connectivity index (χ0v) is 7.66. The summed E-state index contributed by atoms with van der Waals surface area (Å²) in [6.45, 7) is 5.55. The fourth-order valence-corrected chi connectivity index (χ4v) is 0.979. The molecule has 2 nitrogen and oxygen atoms in total. The van der Waals surface area contributed by atoms with Gasteiger partial charge in [0, 0.05) is 11.3 Å². The fraction of sp³-hybridized carbons (Fsp3) is 0.182. The van der Waals surface area contributed by atoms with Crippen LogP contribution < -0.4 is 5.32 Å². The average molecular weight is 175 g/mol. The maximum atomic E-state index is 10.4. The van der Waals surface area contributed by atoms with E-state index in [1.165, 1.54) is 0 Å². The monoisotopic (exact) mass is 175 g/mol. The highest BCUT2D eigenvalue weighted by Crippen LogP contribution is 2.09. The lowest BCUT2D eigenvalue weighted by molar-refractivity contribution is -0.105. The first-order valence-corrected chi connectivity index (χ1v) is 4.19. The molecule has 1 atom stereocenters. The number of benzene rings is 1. The first-order valence-electron chi connectivity index (χ1n) is 4.19. The van der Waals surface area contributed by atoms with E-state index in [1.54, 1.807) is 0 Å². The second-order valence-electron chi connectivity index (χ2n) is 2.92. The Bertz CT molecular complexity index is 292. The summed E-state index contributed by atoms with van der Waals surface area (Å²) >= 11 is 0. The Morgan fingerprint density at radius 3 is 2.62 bits per heavy atom. The van der Waals surface area contributed by atoms with Gasteiger partial charge < -0.3 is 5.32 Å². The van der Waals surface area contributed by atoms with Crippen molar-refractivity contribution in [2.24, 2.45) is 0 Å². The van der Waals surface area contributed by atoms with E-state index in [0.717, 1.165) is 12.0 Å². The van der Waals surface area contributed by atoms with Crippen molar-refractivity contribution in [1.29, 1.82) is 0 Å². The normalized spacial score (nSPS) is 11.8. The van der Waals surface area contributed by atoms with E-state index in [9.17, 15) is 4.79 Å². The highest BCUT2D eigenvalue weighted by molar-refractivity contribution is 5.75. The Labute approximate surface area is 78.3 Å². The first kappa shape index (κ1) is 9.52. The van der Waals surface area contributed by atoms with E-state index in [0.29, 0.717) is 5.57 Å². The van der Waals surface area contributed by atoms with Crippen molar-refractivity contribution in [1.82, 2.24) is 0 Å². The smallest absolute Gasteiger partial charge is 0.147 e. The first-order chi connectivity index (χ1) is 6.24. The van der Waals surface area contributed by atoms with Gasteiger partial charge in [-0.2, -0.15) is 0 Å². The van der Waals surface area contributed by atoms with Crippen molar-refractivity contribution in [3.8, 4) is 0 Å². The Balaban J connectivity index is 2.60. The van der Waals surface area contributed by atoms with Crippen LogP contribution in [-0.4, -0.2) is 12.3 Å². The summed E-state index contributed by atoms with van der Waals surface area (Å²) in [5, 5.41) is 3.16. The minimum Gasteiger partial charge on any atom is -0.378 e. The van der Waals surface area contributed by atoms with Gasteiger partial charge in [-0.25, -0.2) is 0 Å². The Hall–Kier alpha value is -1.57. The molecule has 0 aliphatic rings. The number of nitrogens with one attached hydrogen (secondary N) is 1. The summed E-state index contributed by atoms with van der Waals surface area (Å²) in [5.41, 5.74) is 1.56. The lowest BCUT2D eigenvalue weighted by Crippen LogP contribution is -2.17. The molecule has 1 N–H and O–H groups in total. The van der Waals surface area contributed by atoms with Gasteiger partial charge in [0.05, 0.1) is 6.04 Å².